The summed E-state index contributed by atoms with van der Waals surface area (Å²) in [5, 5.41) is 41.7. The largest absolute Gasteiger partial charge is 0.455 e. The Balaban J connectivity index is 1.42. The predicted octanol–water partition coefficient (Wildman–Crippen LogP) is 7.62. The van der Waals surface area contributed by atoms with Crippen molar-refractivity contribution in [3.63, 3.8) is 0 Å². The first-order valence-corrected chi connectivity index (χ1v) is 18.2. The van der Waals surface area contributed by atoms with Gasteiger partial charge in [-0.25, -0.2) is 4.79 Å². The third-order valence-electron chi connectivity index (χ3n) is 9.27. The molecule has 2 aliphatic heterocycles. The Bertz CT molecular complexity index is 797. The number of hydrogen-bond acceptors (Lipinski definition) is 7. The van der Waals surface area contributed by atoms with Crippen molar-refractivity contribution in [2.75, 3.05) is 0 Å². The van der Waals surface area contributed by atoms with Crippen molar-refractivity contribution in [3.05, 3.63) is 23.8 Å². The second-order valence-electron chi connectivity index (χ2n) is 13.5. The molecule has 7 heteroatoms. The predicted molar refractivity (Wildman–Crippen MR) is 177 cm³/mol. The molecule has 0 unspecified atom stereocenters. The molecule has 0 aliphatic carbocycles. The van der Waals surface area contributed by atoms with Gasteiger partial charge < -0.3 is 29.9 Å². The van der Waals surface area contributed by atoms with E-state index in [9.17, 15) is 25.2 Å². The summed E-state index contributed by atoms with van der Waals surface area (Å²) in [4.78, 5) is 11.7. The zero-order valence-electron chi connectivity index (χ0n) is 28.1. The highest BCUT2D eigenvalue weighted by Crippen LogP contribution is 2.28. The van der Waals surface area contributed by atoms with Gasteiger partial charge in [0.15, 0.2) is 0 Å². The standard InChI is InChI=1S/C37H66O7/c1-3-4-5-6-7-8-9-10-11-12-13-17-23-33(40)35-25-26-36(44-35)34(41)24-19-18-21-31(38)20-15-14-16-22-32(39)28-30-27-29(2)43-37(30)42/h13,17,27,29,31-36,38-41H,3-12,14-16,18-26,28H2,1-2H3/b17-13-/t29-,31-,32+,33+,34-,35-,36+/m1/s1. The van der Waals surface area contributed by atoms with Crippen LogP contribution in [0.3, 0.4) is 0 Å². The molecule has 2 heterocycles. The van der Waals surface area contributed by atoms with E-state index in [1.807, 2.05) is 6.92 Å². The third kappa shape index (κ3) is 17.4. The van der Waals surface area contributed by atoms with Gasteiger partial charge in [-0.15, -0.1) is 0 Å². The van der Waals surface area contributed by atoms with Gasteiger partial charge in [-0.3, -0.25) is 0 Å². The van der Waals surface area contributed by atoms with Gasteiger partial charge in [0.25, 0.3) is 0 Å². The fraction of sp³-hybridized carbons (Fsp3) is 0.865. The highest BCUT2D eigenvalue weighted by molar-refractivity contribution is 5.90. The molecule has 0 amide bonds. The van der Waals surface area contributed by atoms with Crippen molar-refractivity contribution in [2.45, 2.75) is 204 Å². The van der Waals surface area contributed by atoms with Crippen LogP contribution in [0.2, 0.25) is 0 Å². The second-order valence-corrected chi connectivity index (χ2v) is 13.5. The Labute approximate surface area is 268 Å². The summed E-state index contributed by atoms with van der Waals surface area (Å²) in [6.45, 7) is 4.07. The maximum atomic E-state index is 11.7. The van der Waals surface area contributed by atoms with E-state index in [0.717, 1.165) is 64.2 Å². The minimum Gasteiger partial charge on any atom is -0.455 e. The maximum absolute atomic E-state index is 11.7. The zero-order valence-corrected chi connectivity index (χ0v) is 28.1. The fourth-order valence-electron chi connectivity index (χ4n) is 6.47. The number of hydrogen-bond donors (Lipinski definition) is 4. The first-order chi connectivity index (χ1) is 21.3. The van der Waals surface area contributed by atoms with Crippen molar-refractivity contribution in [3.8, 4) is 0 Å². The van der Waals surface area contributed by atoms with Gasteiger partial charge in [-0.2, -0.15) is 0 Å². The number of aliphatic hydroxyl groups excluding tert-OH is 4. The summed E-state index contributed by atoms with van der Waals surface area (Å²) >= 11 is 0. The number of rotatable bonds is 27. The van der Waals surface area contributed by atoms with Crippen LogP contribution < -0.4 is 0 Å². The first-order valence-electron chi connectivity index (χ1n) is 18.2. The maximum Gasteiger partial charge on any atom is 0.334 e. The minimum absolute atomic E-state index is 0.199. The molecule has 256 valence electrons. The van der Waals surface area contributed by atoms with E-state index in [4.69, 9.17) is 9.47 Å². The van der Waals surface area contributed by atoms with E-state index < -0.39 is 18.3 Å². The molecule has 1 fully saturated rings. The Kier molecular flexibility index (Phi) is 21.2. The van der Waals surface area contributed by atoms with Crippen LogP contribution in [-0.4, -0.2) is 69.1 Å². The monoisotopic (exact) mass is 622 g/mol. The lowest BCUT2D eigenvalue weighted by atomic mass is 9.99. The van der Waals surface area contributed by atoms with Crippen LogP contribution >= 0.6 is 0 Å². The van der Waals surface area contributed by atoms with E-state index >= 15 is 0 Å². The number of carbonyl (C=O) groups is 1. The highest BCUT2D eigenvalue weighted by Gasteiger charge is 2.33. The van der Waals surface area contributed by atoms with E-state index in [0.29, 0.717) is 31.3 Å². The number of unbranched alkanes of at least 4 members (excludes halogenated alkanes) is 12. The summed E-state index contributed by atoms with van der Waals surface area (Å²) < 4.78 is 11.1. The molecule has 0 aromatic rings. The van der Waals surface area contributed by atoms with Gasteiger partial charge in [0, 0.05) is 12.0 Å². The van der Waals surface area contributed by atoms with Gasteiger partial charge in [0.1, 0.15) is 6.10 Å². The Hall–Kier alpha value is -1.25. The quantitative estimate of drug-likeness (QED) is 0.0423. The van der Waals surface area contributed by atoms with Crippen molar-refractivity contribution < 1.29 is 34.7 Å². The highest BCUT2D eigenvalue weighted by atomic mass is 16.5. The molecule has 7 atom stereocenters. The molecule has 0 aromatic carbocycles. The summed E-state index contributed by atoms with van der Waals surface area (Å²) in [5.41, 5.74) is 0.574. The summed E-state index contributed by atoms with van der Waals surface area (Å²) in [7, 11) is 0. The fourth-order valence-corrected chi connectivity index (χ4v) is 6.47. The van der Waals surface area contributed by atoms with E-state index in [2.05, 4.69) is 19.1 Å². The number of aliphatic hydroxyl groups is 4. The smallest absolute Gasteiger partial charge is 0.334 e. The third-order valence-corrected chi connectivity index (χ3v) is 9.27. The molecule has 2 aliphatic rings. The lowest BCUT2D eigenvalue weighted by Crippen LogP contribution is -2.30. The lowest BCUT2D eigenvalue weighted by molar-refractivity contribution is -0.139. The molecule has 0 bridgehead atoms. The van der Waals surface area contributed by atoms with Crippen LogP contribution in [0.25, 0.3) is 0 Å². The van der Waals surface area contributed by atoms with Crippen molar-refractivity contribution in [1.82, 2.24) is 0 Å². The molecule has 7 nitrogen and oxygen atoms in total. The van der Waals surface area contributed by atoms with Crippen molar-refractivity contribution >= 4 is 5.97 Å². The van der Waals surface area contributed by atoms with Crippen LogP contribution in [0.5, 0.6) is 0 Å². The number of ether oxygens (including phenoxy) is 2. The first kappa shape index (κ1) is 38.9. The lowest BCUT2D eigenvalue weighted by Gasteiger charge is -2.21. The number of allylic oxidation sites excluding steroid dienone is 1. The van der Waals surface area contributed by atoms with Gasteiger partial charge >= 0.3 is 5.97 Å². The Morgan fingerprint density at radius 3 is 1.91 bits per heavy atom. The van der Waals surface area contributed by atoms with Crippen LogP contribution in [0.1, 0.15) is 162 Å². The average molecular weight is 623 g/mol. The zero-order chi connectivity index (χ0) is 32.0. The number of cyclic esters (lactones) is 1. The van der Waals surface area contributed by atoms with Crippen LogP contribution in [0.4, 0.5) is 0 Å². The second kappa shape index (κ2) is 24.0. The van der Waals surface area contributed by atoms with Crippen LogP contribution in [0.15, 0.2) is 23.8 Å². The van der Waals surface area contributed by atoms with Gasteiger partial charge in [0.2, 0.25) is 0 Å². The molecule has 2 rings (SSSR count). The van der Waals surface area contributed by atoms with E-state index in [1.165, 1.54) is 57.8 Å². The molecule has 0 aromatic heterocycles. The number of carbonyl (C=O) groups excluding carboxylic acids is 1. The molecule has 44 heavy (non-hydrogen) atoms. The molecular formula is C37H66O7. The molecular weight excluding hydrogens is 556 g/mol. The SMILES string of the molecule is CCCCCCCCCCC/C=C\C[C@H](O)[C@H]1CC[C@@H]([C@H](O)CCCC[C@H](O)CCCCC[C@H](O)CC2=C[C@@H](C)OC2=O)O1. The molecule has 0 radical (unpaired) electrons. The summed E-state index contributed by atoms with van der Waals surface area (Å²) in [6.07, 6.45) is 26.3. The minimum atomic E-state index is -0.533. The van der Waals surface area contributed by atoms with Crippen molar-refractivity contribution in [1.29, 1.82) is 0 Å². The van der Waals surface area contributed by atoms with Gasteiger partial charge in [0.05, 0.1) is 36.6 Å². The molecule has 4 N–H and O–H groups in total. The number of esters is 1. The van der Waals surface area contributed by atoms with E-state index in [1.54, 1.807) is 6.08 Å². The van der Waals surface area contributed by atoms with E-state index in [-0.39, 0.29) is 30.4 Å². The Morgan fingerprint density at radius 1 is 0.727 bits per heavy atom. The topological polar surface area (TPSA) is 116 Å². The van der Waals surface area contributed by atoms with Gasteiger partial charge in [-0.1, -0.05) is 103 Å². The molecule has 1 saturated heterocycles. The molecule has 0 saturated carbocycles. The summed E-state index contributed by atoms with van der Waals surface area (Å²) in [6, 6.07) is 0. The summed E-state index contributed by atoms with van der Waals surface area (Å²) in [5.74, 6) is -0.316. The van der Waals surface area contributed by atoms with Gasteiger partial charge in [-0.05, 0) is 70.8 Å². The van der Waals surface area contributed by atoms with Crippen molar-refractivity contribution in [2.24, 2.45) is 0 Å². The Morgan fingerprint density at radius 2 is 1.27 bits per heavy atom. The van der Waals surface area contributed by atoms with Crippen LogP contribution in [0, 0.1) is 0 Å². The normalized spacial score (nSPS) is 23.2. The molecule has 0 spiro atoms. The van der Waals surface area contributed by atoms with Crippen LogP contribution in [-0.2, 0) is 14.3 Å². The average Bonchev–Trinajstić information content (AvgIpc) is 3.61.